The summed E-state index contributed by atoms with van der Waals surface area (Å²) >= 11 is 0. The first kappa shape index (κ1) is 17.5. The van der Waals surface area contributed by atoms with Gasteiger partial charge in [0.25, 0.3) is 0 Å². The average Bonchev–Trinajstić information content (AvgIpc) is 2.68. The standard InChI is InChI=1S/C24H29NO/c1-3-5-10-22(26)18(4-2)20-12-11-16-13-14-25-21-15-17-8-6-7-9-19(17)24(20)23(16)21/h6-9,11-12,18,21,25H,3-5,10,13-15H2,1-2H3. The highest BCUT2D eigenvalue weighted by molar-refractivity contribution is 5.90. The lowest BCUT2D eigenvalue weighted by molar-refractivity contribution is -0.120. The van der Waals surface area contributed by atoms with Gasteiger partial charge in [-0.1, -0.05) is 56.7 Å². The van der Waals surface area contributed by atoms with Crippen molar-refractivity contribution in [1.29, 1.82) is 0 Å². The van der Waals surface area contributed by atoms with E-state index in [1.165, 1.54) is 33.4 Å². The van der Waals surface area contributed by atoms with Crippen LogP contribution in [0.5, 0.6) is 0 Å². The molecule has 0 bridgehead atoms. The third-order valence-corrected chi connectivity index (χ3v) is 6.16. The summed E-state index contributed by atoms with van der Waals surface area (Å²) in [5.74, 6) is 0.435. The van der Waals surface area contributed by atoms with E-state index in [2.05, 4.69) is 55.6 Å². The summed E-state index contributed by atoms with van der Waals surface area (Å²) in [6.07, 6.45) is 5.80. The number of ketones is 1. The Balaban J connectivity index is 1.88. The highest BCUT2D eigenvalue weighted by Gasteiger charge is 2.33. The summed E-state index contributed by atoms with van der Waals surface area (Å²) in [5.41, 5.74) is 8.31. The number of rotatable bonds is 6. The Morgan fingerprint density at radius 3 is 2.81 bits per heavy atom. The molecule has 2 heteroatoms. The van der Waals surface area contributed by atoms with Crippen LogP contribution in [0.4, 0.5) is 0 Å². The van der Waals surface area contributed by atoms with Crippen molar-refractivity contribution in [3.05, 3.63) is 58.7 Å². The van der Waals surface area contributed by atoms with E-state index in [9.17, 15) is 4.79 Å². The molecule has 1 heterocycles. The van der Waals surface area contributed by atoms with Crippen LogP contribution in [0.15, 0.2) is 36.4 Å². The van der Waals surface area contributed by atoms with Crippen LogP contribution >= 0.6 is 0 Å². The van der Waals surface area contributed by atoms with E-state index < -0.39 is 0 Å². The highest BCUT2D eigenvalue weighted by atomic mass is 16.1. The number of benzene rings is 2. The van der Waals surface area contributed by atoms with Gasteiger partial charge in [-0.05, 0) is 65.6 Å². The zero-order valence-corrected chi connectivity index (χ0v) is 16.0. The molecule has 2 unspecified atom stereocenters. The second kappa shape index (κ2) is 7.36. The van der Waals surface area contributed by atoms with E-state index in [1.807, 2.05) is 0 Å². The Morgan fingerprint density at radius 2 is 2.00 bits per heavy atom. The van der Waals surface area contributed by atoms with Gasteiger partial charge in [0.05, 0.1) is 0 Å². The number of unbranched alkanes of at least 4 members (excludes halogenated alkanes) is 1. The number of hydrogen-bond acceptors (Lipinski definition) is 2. The largest absolute Gasteiger partial charge is 0.309 e. The number of nitrogens with one attached hydrogen (secondary N) is 1. The van der Waals surface area contributed by atoms with Crippen LogP contribution in [0.3, 0.4) is 0 Å². The molecule has 0 fully saturated rings. The summed E-state index contributed by atoms with van der Waals surface area (Å²) in [7, 11) is 0. The molecule has 0 aromatic heterocycles. The molecule has 0 amide bonds. The molecule has 4 rings (SSSR count). The Labute approximate surface area is 157 Å². The van der Waals surface area contributed by atoms with Crippen LogP contribution in [0.2, 0.25) is 0 Å². The van der Waals surface area contributed by atoms with Crippen molar-refractivity contribution in [3.63, 3.8) is 0 Å². The van der Waals surface area contributed by atoms with Crippen molar-refractivity contribution >= 4 is 5.78 Å². The van der Waals surface area contributed by atoms with Crippen LogP contribution in [0.25, 0.3) is 11.1 Å². The number of carbonyl (C=O) groups is 1. The lowest BCUT2D eigenvalue weighted by Gasteiger charge is -2.36. The van der Waals surface area contributed by atoms with Gasteiger partial charge < -0.3 is 5.32 Å². The Kier molecular flexibility index (Phi) is 4.95. The van der Waals surface area contributed by atoms with Crippen molar-refractivity contribution in [2.75, 3.05) is 6.54 Å². The molecule has 2 aliphatic rings. The normalized spacial score (nSPS) is 18.8. The van der Waals surface area contributed by atoms with Crippen molar-refractivity contribution in [2.24, 2.45) is 0 Å². The van der Waals surface area contributed by atoms with Crippen LogP contribution in [0, 0.1) is 0 Å². The van der Waals surface area contributed by atoms with Gasteiger partial charge in [0.1, 0.15) is 5.78 Å². The zero-order valence-electron chi connectivity index (χ0n) is 16.0. The minimum atomic E-state index is 0.0237. The van der Waals surface area contributed by atoms with E-state index in [1.54, 1.807) is 0 Å². The van der Waals surface area contributed by atoms with Crippen molar-refractivity contribution < 1.29 is 4.79 Å². The highest BCUT2D eigenvalue weighted by Crippen LogP contribution is 2.46. The summed E-state index contributed by atoms with van der Waals surface area (Å²) < 4.78 is 0. The van der Waals surface area contributed by atoms with Crippen molar-refractivity contribution in [2.45, 2.75) is 64.3 Å². The van der Waals surface area contributed by atoms with E-state index in [0.717, 1.165) is 38.6 Å². The Bertz CT molecular complexity index is 823. The Hall–Kier alpha value is -1.93. The smallest absolute Gasteiger partial charge is 0.140 e. The topological polar surface area (TPSA) is 29.1 Å². The maximum atomic E-state index is 13.0. The number of carbonyl (C=O) groups excluding carboxylic acids is 1. The molecule has 0 spiro atoms. The first-order valence-corrected chi connectivity index (χ1v) is 10.2. The molecule has 2 atom stereocenters. The first-order valence-electron chi connectivity index (χ1n) is 10.2. The molecule has 0 saturated heterocycles. The van der Waals surface area contributed by atoms with Gasteiger partial charge in [0.15, 0.2) is 0 Å². The van der Waals surface area contributed by atoms with Gasteiger partial charge in [-0.25, -0.2) is 0 Å². The minimum absolute atomic E-state index is 0.0237. The number of Topliss-reactive ketones (excluding diaryl/α,β-unsaturated/α-hetero) is 1. The summed E-state index contributed by atoms with van der Waals surface area (Å²) in [6, 6.07) is 13.7. The van der Waals surface area contributed by atoms with Crippen LogP contribution in [-0.4, -0.2) is 12.3 Å². The van der Waals surface area contributed by atoms with Crippen LogP contribution in [0.1, 0.15) is 73.7 Å². The van der Waals surface area contributed by atoms with Gasteiger partial charge in [0.2, 0.25) is 0 Å². The van der Waals surface area contributed by atoms with Crippen molar-refractivity contribution in [3.8, 4) is 11.1 Å². The maximum Gasteiger partial charge on any atom is 0.140 e. The van der Waals surface area contributed by atoms with Gasteiger partial charge >= 0.3 is 0 Å². The Morgan fingerprint density at radius 1 is 1.15 bits per heavy atom. The minimum Gasteiger partial charge on any atom is -0.309 e. The number of fused-ring (bicyclic) bond motifs is 2. The molecule has 1 aliphatic heterocycles. The third-order valence-electron chi connectivity index (χ3n) is 6.16. The molecular weight excluding hydrogens is 318 g/mol. The third kappa shape index (κ3) is 2.91. The monoisotopic (exact) mass is 347 g/mol. The molecule has 0 saturated carbocycles. The molecule has 2 nitrogen and oxygen atoms in total. The van der Waals surface area contributed by atoms with E-state index >= 15 is 0 Å². The van der Waals surface area contributed by atoms with Crippen LogP contribution < -0.4 is 5.32 Å². The summed E-state index contributed by atoms with van der Waals surface area (Å²) in [6.45, 7) is 5.36. The van der Waals surface area contributed by atoms with Gasteiger partial charge in [-0.3, -0.25) is 4.79 Å². The fourth-order valence-electron chi connectivity index (χ4n) is 4.85. The van der Waals surface area contributed by atoms with Gasteiger partial charge in [-0.15, -0.1) is 0 Å². The van der Waals surface area contributed by atoms with Gasteiger partial charge in [0, 0.05) is 18.4 Å². The molecular formula is C24H29NO. The fraction of sp³-hybridized carbons (Fsp3) is 0.458. The molecule has 1 aliphatic carbocycles. The molecule has 2 aromatic carbocycles. The second-order valence-corrected chi connectivity index (χ2v) is 7.75. The average molecular weight is 348 g/mol. The molecule has 26 heavy (non-hydrogen) atoms. The lowest BCUT2D eigenvalue weighted by Crippen LogP contribution is -2.34. The lowest BCUT2D eigenvalue weighted by atomic mass is 9.73. The van der Waals surface area contributed by atoms with Crippen molar-refractivity contribution in [1.82, 2.24) is 5.32 Å². The van der Waals surface area contributed by atoms with Gasteiger partial charge in [-0.2, -0.15) is 0 Å². The molecule has 1 N–H and O–H groups in total. The van der Waals surface area contributed by atoms with E-state index in [-0.39, 0.29) is 5.92 Å². The zero-order chi connectivity index (χ0) is 18.1. The van der Waals surface area contributed by atoms with E-state index in [4.69, 9.17) is 0 Å². The van der Waals surface area contributed by atoms with E-state index in [0.29, 0.717) is 18.2 Å². The molecule has 2 aromatic rings. The SMILES string of the molecule is CCCCC(=O)C(CC)c1ccc2c3c1-c1ccccc1CC3NCC2. The quantitative estimate of drug-likeness (QED) is 0.763. The maximum absolute atomic E-state index is 13.0. The predicted molar refractivity (Wildman–Crippen MR) is 108 cm³/mol. The fourth-order valence-corrected chi connectivity index (χ4v) is 4.85. The first-order chi connectivity index (χ1) is 12.7. The van der Waals surface area contributed by atoms with Crippen LogP contribution in [-0.2, 0) is 17.6 Å². The number of hydrogen-bond donors (Lipinski definition) is 1. The summed E-state index contributed by atoms with van der Waals surface area (Å²) in [5, 5.41) is 3.72. The second-order valence-electron chi connectivity index (χ2n) is 7.75. The molecule has 136 valence electrons. The predicted octanol–water partition coefficient (Wildman–Crippen LogP) is 5.35. The summed E-state index contributed by atoms with van der Waals surface area (Å²) in [4.78, 5) is 13.0. The molecule has 0 radical (unpaired) electrons.